The minimum atomic E-state index is -0.315. The molecule has 3 rings (SSSR count). The molecule has 0 radical (unpaired) electrons. The SMILES string of the molecule is CCC(=O)N(Cc1ccccc1)C(C)c1nc2ccccc2c(=O)n1C. The van der Waals surface area contributed by atoms with Crippen LogP contribution in [0.2, 0.25) is 0 Å². The van der Waals surface area contributed by atoms with E-state index >= 15 is 0 Å². The Morgan fingerprint density at radius 1 is 1.12 bits per heavy atom. The lowest BCUT2D eigenvalue weighted by atomic mass is 10.1. The van der Waals surface area contributed by atoms with E-state index in [4.69, 9.17) is 0 Å². The van der Waals surface area contributed by atoms with Crippen molar-refractivity contribution in [2.75, 3.05) is 0 Å². The number of amides is 1. The van der Waals surface area contributed by atoms with E-state index in [2.05, 4.69) is 4.98 Å². The minimum Gasteiger partial charge on any atom is -0.328 e. The maximum absolute atomic E-state index is 12.7. The van der Waals surface area contributed by atoms with E-state index in [1.807, 2.05) is 62.4 Å². The summed E-state index contributed by atoms with van der Waals surface area (Å²) in [5, 5.41) is 0.586. The third kappa shape index (κ3) is 3.38. The fraction of sp³-hybridized carbons (Fsp3) is 0.286. The van der Waals surface area contributed by atoms with E-state index in [9.17, 15) is 9.59 Å². The number of hydrogen-bond donors (Lipinski definition) is 0. The first-order valence-electron chi connectivity index (χ1n) is 8.82. The molecule has 134 valence electrons. The van der Waals surface area contributed by atoms with Gasteiger partial charge >= 0.3 is 0 Å². The Morgan fingerprint density at radius 3 is 2.46 bits per heavy atom. The second-order valence-electron chi connectivity index (χ2n) is 6.39. The van der Waals surface area contributed by atoms with Crippen molar-refractivity contribution in [1.82, 2.24) is 14.5 Å². The van der Waals surface area contributed by atoms with Gasteiger partial charge in [-0.2, -0.15) is 0 Å². The molecule has 1 atom stereocenters. The monoisotopic (exact) mass is 349 g/mol. The van der Waals surface area contributed by atoms with Gasteiger partial charge in [0.1, 0.15) is 5.82 Å². The molecule has 0 fully saturated rings. The topological polar surface area (TPSA) is 55.2 Å². The Morgan fingerprint density at radius 2 is 1.77 bits per heavy atom. The van der Waals surface area contributed by atoms with Gasteiger partial charge in [-0.15, -0.1) is 0 Å². The van der Waals surface area contributed by atoms with Gasteiger partial charge < -0.3 is 4.90 Å². The van der Waals surface area contributed by atoms with Crippen molar-refractivity contribution in [3.63, 3.8) is 0 Å². The molecule has 2 aromatic carbocycles. The fourth-order valence-electron chi connectivity index (χ4n) is 3.17. The lowest BCUT2D eigenvalue weighted by Gasteiger charge is -2.30. The zero-order valence-electron chi connectivity index (χ0n) is 15.3. The molecule has 1 amide bonds. The highest BCUT2D eigenvalue weighted by molar-refractivity contribution is 5.78. The second kappa shape index (κ2) is 7.52. The number of aromatic nitrogens is 2. The highest BCUT2D eigenvalue weighted by atomic mass is 16.2. The third-order valence-electron chi connectivity index (χ3n) is 4.68. The van der Waals surface area contributed by atoms with Crippen LogP contribution in [-0.4, -0.2) is 20.4 Å². The van der Waals surface area contributed by atoms with Crippen LogP contribution in [0.15, 0.2) is 59.4 Å². The average Bonchev–Trinajstić information content (AvgIpc) is 2.68. The van der Waals surface area contributed by atoms with Crippen LogP contribution in [0, 0.1) is 0 Å². The summed E-state index contributed by atoms with van der Waals surface area (Å²) < 4.78 is 1.55. The van der Waals surface area contributed by atoms with E-state index in [-0.39, 0.29) is 17.5 Å². The summed E-state index contributed by atoms with van der Waals surface area (Å²) >= 11 is 0. The number of fused-ring (bicyclic) bond motifs is 1. The van der Waals surface area contributed by atoms with E-state index in [0.717, 1.165) is 5.56 Å². The van der Waals surface area contributed by atoms with Gasteiger partial charge in [-0.05, 0) is 24.6 Å². The summed E-state index contributed by atoms with van der Waals surface area (Å²) in [6.45, 7) is 4.25. The smallest absolute Gasteiger partial charge is 0.261 e. The van der Waals surface area contributed by atoms with Crippen molar-refractivity contribution >= 4 is 16.8 Å². The van der Waals surface area contributed by atoms with Crippen LogP contribution in [0.5, 0.6) is 0 Å². The summed E-state index contributed by atoms with van der Waals surface area (Å²) in [4.78, 5) is 31.8. The first-order valence-corrected chi connectivity index (χ1v) is 8.82. The molecule has 0 saturated carbocycles. The number of nitrogens with zero attached hydrogens (tertiary/aromatic N) is 3. The molecule has 0 saturated heterocycles. The van der Waals surface area contributed by atoms with Crippen molar-refractivity contribution in [3.05, 3.63) is 76.3 Å². The van der Waals surface area contributed by atoms with Gasteiger partial charge in [-0.3, -0.25) is 14.2 Å². The van der Waals surface area contributed by atoms with E-state index in [1.54, 1.807) is 22.6 Å². The van der Waals surface area contributed by atoms with Crippen LogP contribution in [0.25, 0.3) is 10.9 Å². The summed E-state index contributed by atoms with van der Waals surface area (Å²) in [5.74, 6) is 0.621. The maximum Gasteiger partial charge on any atom is 0.261 e. The van der Waals surface area contributed by atoms with Crippen LogP contribution < -0.4 is 5.56 Å². The number of carbonyl (C=O) groups is 1. The van der Waals surface area contributed by atoms with Crippen molar-refractivity contribution < 1.29 is 4.79 Å². The van der Waals surface area contributed by atoms with Gasteiger partial charge in [-0.1, -0.05) is 49.4 Å². The lowest BCUT2D eigenvalue weighted by Crippen LogP contribution is -2.36. The molecule has 26 heavy (non-hydrogen) atoms. The Labute approximate surface area is 152 Å². The molecule has 0 aliphatic heterocycles. The predicted molar refractivity (Wildman–Crippen MR) is 103 cm³/mol. The molecule has 0 aliphatic carbocycles. The molecule has 1 aromatic heterocycles. The quantitative estimate of drug-likeness (QED) is 0.709. The number of benzene rings is 2. The van der Waals surface area contributed by atoms with Crippen LogP contribution >= 0.6 is 0 Å². The summed E-state index contributed by atoms with van der Waals surface area (Å²) in [7, 11) is 1.71. The lowest BCUT2D eigenvalue weighted by molar-refractivity contribution is -0.134. The number of hydrogen-bond acceptors (Lipinski definition) is 3. The van der Waals surface area contributed by atoms with E-state index in [0.29, 0.717) is 29.7 Å². The fourth-order valence-corrected chi connectivity index (χ4v) is 3.17. The third-order valence-corrected chi connectivity index (χ3v) is 4.68. The van der Waals surface area contributed by atoms with Gasteiger partial charge in [-0.25, -0.2) is 4.98 Å². The predicted octanol–water partition coefficient (Wildman–Crippen LogP) is 3.43. The van der Waals surface area contributed by atoms with Crippen LogP contribution in [0.1, 0.15) is 37.7 Å². The minimum absolute atomic E-state index is 0.0313. The Kier molecular flexibility index (Phi) is 5.16. The van der Waals surface area contributed by atoms with Crippen LogP contribution in [0.4, 0.5) is 0 Å². The second-order valence-corrected chi connectivity index (χ2v) is 6.39. The number of para-hydroxylation sites is 1. The van der Waals surface area contributed by atoms with Crippen molar-refractivity contribution in [2.45, 2.75) is 32.9 Å². The molecule has 0 bridgehead atoms. The van der Waals surface area contributed by atoms with Gasteiger partial charge in [0.15, 0.2) is 0 Å². The van der Waals surface area contributed by atoms with Crippen molar-refractivity contribution in [1.29, 1.82) is 0 Å². The molecule has 3 aromatic rings. The Bertz CT molecular complexity index is 979. The number of rotatable bonds is 5. The molecule has 5 nitrogen and oxygen atoms in total. The zero-order chi connectivity index (χ0) is 18.7. The molecular formula is C21H23N3O2. The average molecular weight is 349 g/mol. The van der Waals surface area contributed by atoms with Crippen LogP contribution in [0.3, 0.4) is 0 Å². The van der Waals surface area contributed by atoms with Gasteiger partial charge in [0.25, 0.3) is 5.56 Å². The highest BCUT2D eigenvalue weighted by Crippen LogP contribution is 2.22. The van der Waals surface area contributed by atoms with Gasteiger partial charge in [0, 0.05) is 20.0 Å². The van der Waals surface area contributed by atoms with Crippen LogP contribution in [-0.2, 0) is 18.4 Å². The van der Waals surface area contributed by atoms with E-state index < -0.39 is 0 Å². The summed E-state index contributed by atoms with van der Waals surface area (Å²) in [6, 6.07) is 16.8. The Balaban J connectivity index is 2.05. The zero-order valence-corrected chi connectivity index (χ0v) is 15.3. The molecule has 1 unspecified atom stereocenters. The normalized spacial score (nSPS) is 12.1. The largest absolute Gasteiger partial charge is 0.328 e. The molecule has 1 heterocycles. The number of carbonyl (C=O) groups excluding carboxylic acids is 1. The van der Waals surface area contributed by atoms with E-state index in [1.165, 1.54) is 0 Å². The molecule has 0 spiro atoms. The first kappa shape index (κ1) is 17.9. The molecule has 5 heteroatoms. The van der Waals surface area contributed by atoms with Gasteiger partial charge in [0.05, 0.1) is 16.9 Å². The highest BCUT2D eigenvalue weighted by Gasteiger charge is 2.24. The van der Waals surface area contributed by atoms with Gasteiger partial charge in [0.2, 0.25) is 5.91 Å². The Hall–Kier alpha value is -2.95. The molecule has 0 N–H and O–H groups in total. The standard InChI is InChI=1S/C21H23N3O2/c1-4-19(25)24(14-16-10-6-5-7-11-16)15(2)20-22-18-13-9-8-12-17(18)21(26)23(20)3/h5-13,15H,4,14H2,1-3H3. The van der Waals surface area contributed by atoms with Crippen molar-refractivity contribution in [2.24, 2.45) is 7.05 Å². The summed E-state index contributed by atoms with van der Waals surface area (Å²) in [5.41, 5.74) is 1.61. The molecular weight excluding hydrogens is 326 g/mol. The molecule has 0 aliphatic rings. The maximum atomic E-state index is 12.7. The summed E-state index contributed by atoms with van der Waals surface area (Å²) in [6.07, 6.45) is 0.401. The van der Waals surface area contributed by atoms with Crippen molar-refractivity contribution in [3.8, 4) is 0 Å². The first-order chi connectivity index (χ1) is 12.5.